The van der Waals surface area contributed by atoms with Gasteiger partial charge < -0.3 is 14.4 Å². The lowest BCUT2D eigenvalue weighted by molar-refractivity contribution is -0.139. The molecule has 1 aromatic heterocycles. The van der Waals surface area contributed by atoms with Crippen LogP contribution in [0.5, 0.6) is 5.75 Å². The molecule has 0 spiro atoms. The first kappa shape index (κ1) is 17.0. The Morgan fingerprint density at radius 3 is 2.77 bits per heavy atom. The van der Waals surface area contributed by atoms with Crippen LogP contribution in [0.3, 0.4) is 0 Å². The molecule has 5 nitrogen and oxygen atoms in total. The summed E-state index contributed by atoms with van der Waals surface area (Å²) in [5.74, 6) is 1.05. The summed E-state index contributed by atoms with van der Waals surface area (Å²) in [4.78, 5) is 19.1. The highest BCUT2D eigenvalue weighted by Crippen LogP contribution is 2.28. The number of piperidine rings is 1. The summed E-state index contributed by atoms with van der Waals surface area (Å²) in [5, 5.41) is 0. The summed E-state index contributed by atoms with van der Waals surface area (Å²) in [5.41, 5.74) is 2.08. The minimum atomic E-state index is -0.0733. The van der Waals surface area contributed by atoms with Gasteiger partial charge in [0.25, 0.3) is 0 Å². The van der Waals surface area contributed by atoms with Crippen LogP contribution in [-0.4, -0.2) is 41.6 Å². The molecule has 1 saturated heterocycles. The van der Waals surface area contributed by atoms with Gasteiger partial charge in [0, 0.05) is 19.3 Å². The van der Waals surface area contributed by atoms with Crippen molar-refractivity contribution in [1.29, 1.82) is 0 Å². The van der Waals surface area contributed by atoms with Crippen molar-refractivity contribution in [2.75, 3.05) is 19.7 Å². The van der Waals surface area contributed by atoms with Crippen molar-refractivity contribution < 1.29 is 14.3 Å². The summed E-state index contributed by atoms with van der Waals surface area (Å²) in [7, 11) is 0. The monoisotopic (exact) mass is 352 g/mol. The van der Waals surface area contributed by atoms with E-state index in [0.717, 1.165) is 49.4 Å². The Kier molecular flexibility index (Phi) is 5.16. The normalized spacial score (nSPS) is 20.3. The number of nitrogens with zero attached hydrogens (tertiary/aromatic N) is 2. The van der Waals surface area contributed by atoms with Crippen LogP contribution in [0.4, 0.5) is 0 Å². The van der Waals surface area contributed by atoms with E-state index >= 15 is 0 Å². The first-order valence-electron chi connectivity index (χ1n) is 9.30. The Bertz CT molecular complexity index is 742. The fourth-order valence-corrected chi connectivity index (χ4v) is 3.67. The van der Waals surface area contributed by atoms with Crippen molar-refractivity contribution in [2.45, 2.75) is 32.0 Å². The maximum atomic E-state index is 12.8. The van der Waals surface area contributed by atoms with Gasteiger partial charge in [0.05, 0.1) is 24.3 Å². The van der Waals surface area contributed by atoms with Crippen molar-refractivity contribution in [3.63, 3.8) is 0 Å². The van der Waals surface area contributed by atoms with Crippen LogP contribution < -0.4 is 4.74 Å². The molecule has 0 N–H and O–H groups in total. The lowest BCUT2D eigenvalue weighted by Gasteiger charge is -2.35. The third-order valence-corrected chi connectivity index (χ3v) is 5.17. The average molecular weight is 352 g/mol. The second kappa shape index (κ2) is 7.87. The fraction of sp³-hybridized carbons (Fsp3) is 0.429. The number of likely N-dealkylation sites (tertiary alicyclic amines) is 1. The molecule has 5 heteroatoms. The number of rotatable bonds is 4. The summed E-state index contributed by atoms with van der Waals surface area (Å²) >= 11 is 0. The van der Waals surface area contributed by atoms with Crippen LogP contribution in [0.2, 0.25) is 0 Å². The van der Waals surface area contributed by atoms with E-state index in [1.165, 1.54) is 0 Å². The minimum absolute atomic E-state index is 0.0733. The van der Waals surface area contributed by atoms with Gasteiger partial charge in [0.1, 0.15) is 12.4 Å². The Morgan fingerprint density at radius 1 is 1.15 bits per heavy atom. The van der Waals surface area contributed by atoms with Crippen molar-refractivity contribution in [3.8, 4) is 5.75 Å². The number of carbonyl (C=O) groups is 1. The Hall–Kier alpha value is -2.40. The molecule has 2 aliphatic heterocycles. The van der Waals surface area contributed by atoms with E-state index < -0.39 is 0 Å². The number of pyridine rings is 1. The zero-order chi connectivity index (χ0) is 17.8. The molecular weight excluding hydrogens is 328 g/mol. The van der Waals surface area contributed by atoms with E-state index in [-0.39, 0.29) is 17.9 Å². The molecule has 0 aliphatic carbocycles. The quantitative estimate of drug-likeness (QED) is 0.849. The van der Waals surface area contributed by atoms with Crippen molar-refractivity contribution >= 4 is 5.91 Å². The van der Waals surface area contributed by atoms with Crippen molar-refractivity contribution in [2.24, 2.45) is 5.92 Å². The van der Waals surface area contributed by atoms with E-state index in [0.29, 0.717) is 13.2 Å². The molecular formula is C21H24N2O3. The van der Waals surface area contributed by atoms with Crippen molar-refractivity contribution in [1.82, 2.24) is 9.88 Å². The van der Waals surface area contributed by atoms with Gasteiger partial charge in [-0.2, -0.15) is 0 Å². The molecule has 1 amide bonds. The number of aromatic nitrogens is 1. The van der Waals surface area contributed by atoms with E-state index in [2.05, 4.69) is 4.98 Å². The minimum Gasteiger partial charge on any atom is -0.492 e. The molecule has 26 heavy (non-hydrogen) atoms. The average Bonchev–Trinajstić information content (AvgIpc) is 2.72. The number of ether oxygens (including phenoxy) is 2. The van der Waals surface area contributed by atoms with Crippen LogP contribution in [0.25, 0.3) is 0 Å². The highest BCUT2D eigenvalue weighted by atomic mass is 16.5. The number of hydrogen-bond acceptors (Lipinski definition) is 4. The largest absolute Gasteiger partial charge is 0.492 e. The zero-order valence-electron chi connectivity index (χ0n) is 14.8. The molecule has 136 valence electrons. The van der Waals surface area contributed by atoms with E-state index in [1.807, 2.05) is 47.4 Å². The third-order valence-electron chi connectivity index (χ3n) is 5.17. The number of para-hydroxylation sites is 1. The summed E-state index contributed by atoms with van der Waals surface area (Å²) in [6.07, 6.45) is 4.51. The highest BCUT2D eigenvalue weighted by Gasteiger charge is 2.31. The standard InChI is InChI=1S/C21H24N2O3/c24-21(17-13-16-5-1-2-7-20(16)26-14-17)23-11-8-19(9-12-23)25-15-18-6-3-4-10-22-18/h1-7,10,17,19H,8-9,11-15H2. The maximum absolute atomic E-state index is 12.8. The van der Waals surface area contributed by atoms with Crippen LogP contribution >= 0.6 is 0 Å². The van der Waals surface area contributed by atoms with Crippen molar-refractivity contribution in [3.05, 3.63) is 59.9 Å². The number of hydrogen-bond donors (Lipinski definition) is 0. The van der Waals surface area contributed by atoms with E-state index in [9.17, 15) is 4.79 Å². The summed E-state index contributed by atoms with van der Waals surface area (Å²) < 4.78 is 11.7. The molecule has 4 rings (SSSR count). The Labute approximate surface area is 153 Å². The van der Waals surface area contributed by atoms with Gasteiger partial charge in [-0.15, -0.1) is 0 Å². The van der Waals surface area contributed by atoms with Crippen LogP contribution in [0.1, 0.15) is 24.1 Å². The molecule has 0 radical (unpaired) electrons. The molecule has 1 atom stereocenters. The smallest absolute Gasteiger partial charge is 0.229 e. The lowest BCUT2D eigenvalue weighted by atomic mass is 9.94. The number of amides is 1. The van der Waals surface area contributed by atoms with Crippen LogP contribution in [0.15, 0.2) is 48.7 Å². The zero-order valence-corrected chi connectivity index (χ0v) is 14.8. The number of fused-ring (bicyclic) bond motifs is 1. The molecule has 3 heterocycles. The first-order valence-corrected chi connectivity index (χ1v) is 9.30. The second-order valence-corrected chi connectivity index (χ2v) is 6.98. The SMILES string of the molecule is O=C(C1COc2ccccc2C1)N1CCC(OCc2ccccn2)CC1. The van der Waals surface area contributed by atoms with E-state index in [4.69, 9.17) is 9.47 Å². The molecule has 1 aromatic carbocycles. The molecule has 0 saturated carbocycles. The molecule has 1 fully saturated rings. The van der Waals surface area contributed by atoms with Crippen LogP contribution in [0, 0.1) is 5.92 Å². The predicted octanol–water partition coefficient (Wildman–Crippen LogP) is 2.84. The predicted molar refractivity (Wildman–Crippen MR) is 97.8 cm³/mol. The summed E-state index contributed by atoms with van der Waals surface area (Å²) in [6, 6.07) is 13.8. The summed E-state index contributed by atoms with van der Waals surface area (Å²) in [6.45, 7) is 2.52. The topological polar surface area (TPSA) is 51.7 Å². The molecule has 2 aliphatic rings. The fourth-order valence-electron chi connectivity index (χ4n) is 3.67. The molecule has 2 aromatic rings. The van der Waals surface area contributed by atoms with Gasteiger partial charge in [-0.1, -0.05) is 24.3 Å². The molecule has 0 bridgehead atoms. The lowest BCUT2D eigenvalue weighted by Crippen LogP contribution is -2.46. The van der Waals surface area contributed by atoms with Gasteiger partial charge in [0.2, 0.25) is 5.91 Å². The number of carbonyl (C=O) groups excluding carboxylic acids is 1. The Balaban J connectivity index is 1.26. The third kappa shape index (κ3) is 3.88. The Morgan fingerprint density at radius 2 is 1.96 bits per heavy atom. The van der Waals surface area contributed by atoms with Gasteiger partial charge in [-0.05, 0) is 43.0 Å². The van der Waals surface area contributed by atoms with E-state index in [1.54, 1.807) is 6.20 Å². The van der Waals surface area contributed by atoms with Gasteiger partial charge >= 0.3 is 0 Å². The number of benzene rings is 1. The second-order valence-electron chi connectivity index (χ2n) is 6.98. The molecule has 1 unspecified atom stereocenters. The maximum Gasteiger partial charge on any atom is 0.229 e. The first-order chi connectivity index (χ1) is 12.8. The van der Waals surface area contributed by atoms with Crippen LogP contribution in [-0.2, 0) is 22.6 Å². The highest BCUT2D eigenvalue weighted by molar-refractivity contribution is 5.80. The van der Waals surface area contributed by atoms with Gasteiger partial charge in [-0.25, -0.2) is 0 Å². The van der Waals surface area contributed by atoms with Gasteiger partial charge in [0.15, 0.2) is 0 Å². The van der Waals surface area contributed by atoms with Gasteiger partial charge in [-0.3, -0.25) is 9.78 Å².